The zero-order valence-corrected chi connectivity index (χ0v) is 17.9. The summed E-state index contributed by atoms with van der Waals surface area (Å²) in [7, 11) is 4.18. The van der Waals surface area contributed by atoms with Crippen molar-refractivity contribution in [3.8, 4) is 11.3 Å². The molecule has 29 heavy (non-hydrogen) atoms. The molecule has 5 heteroatoms. The van der Waals surface area contributed by atoms with Gasteiger partial charge in [-0.15, -0.1) is 0 Å². The number of aryl methyl sites for hydroxylation is 1. The summed E-state index contributed by atoms with van der Waals surface area (Å²) in [5.41, 5.74) is 4.40. The molecule has 0 aliphatic carbocycles. The molecular weight excluding hydrogens is 358 g/mol. The Bertz CT molecular complexity index is 908. The third-order valence-corrected chi connectivity index (χ3v) is 4.75. The molecule has 0 fully saturated rings. The van der Waals surface area contributed by atoms with Crippen molar-refractivity contribution in [3.05, 3.63) is 66.2 Å². The summed E-state index contributed by atoms with van der Waals surface area (Å²) in [6.07, 6.45) is 1.04. The van der Waals surface area contributed by atoms with Gasteiger partial charge < -0.3 is 15.1 Å². The first-order chi connectivity index (χ1) is 14.1. The van der Waals surface area contributed by atoms with Gasteiger partial charge in [0.05, 0.1) is 5.69 Å². The van der Waals surface area contributed by atoms with E-state index in [0.717, 1.165) is 48.8 Å². The smallest absolute Gasteiger partial charge is 0.225 e. The van der Waals surface area contributed by atoms with Crippen LogP contribution in [0.15, 0.2) is 60.7 Å². The minimum absolute atomic E-state index is 0.672. The Morgan fingerprint density at radius 3 is 2.41 bits per heavy atom. The largest absolute Gasteiger partial charge is 0.354 e. The summed E-state index contributed by atoms with van der Waals surface area (Å²) < 4.78 is 0. The Hall–Kier alpha value is -2.92. The third-order valence-electron chi connectivity index (χ3n) is 4.75. The van der Waals surface area contributed by atoms with Crippen LogP contribution in [0.2, 0.25) is 0 Å². The topological polar surface area (TPSA) is 44.3 Å². The molecule has 0 aliphatic heterocycles. The van der Waals surface area contributed by atoms with Crippen LogP contribution in [0, 0.1) is 6.92 Å². The zero-order valence-electron chi connectivity index (χ0n) is 17.9. The first-order valence-corrected chi connectivity index (χ1v) is 10.2. The molecule has 0 saturated carbocycles. The predicted molar refractivity (Wildman–Crippen MR) is 123 cm³/mol. The average Bonchev–Trinajstić information content (AvgIpc) is 2.72. The molecule has 0 aliphatic rings. The van der Waals surface area contributed by atoms with Crippen molar-refractivity contribution in [2.24, 2.45) is 0 Å². The lowest BCUT2D eigenvalue weighted by molar-refractivity contribution is 0.405. The fraction of sp³-hybridized carbons (Fsp3) is 0.333. The van der Waals surface area contributed by atoms with Crippen LogP contribution in [0.25, 0.3) is 11.3 Å². The van der Waals surface area contributed by atoms with Gasteiger partial charge in [-0.25, -0.2) is 4.98 Å². The first-order valence-electron chi connectivity index (χ1n) is 10.2. The SMILES string of the molecule is CCN(c1cccc(C)c1)c1cc(-c2ccccc2)nc(NCCCN(C)C)n1. The van der Waals surface area contributed by atoms with Gasteiger partial charge in [-0.2, -0.15) is 4.98 Å². The molecule has 0 unspecified atom stereocenters. The van der Waals surface area contributed by atoms with Crippen LogP contribution < -0.4 is 10.2 Å². The minimum atomic E-state index is 0.672. The Morgan fingerprint density at radius 1 is 0.931 bits per heavy atom. The van der Waals surface area contributed by atoms with E-state index in [9.17, 15) is 0 Å². The Kier molecular flexibility index (Phi) is 7.19. The number of hydrogen-bond donors (Lipinski definition) is 1. The van der Waals surface area contributed by atoms with Crippen molar-refractivity contribution >= 4 is 17.5 Å². The Labute approximate surface area is 174 Å². The number of anilines is 3. The fourth-order valence-electron chi connectivity index (χ4n) is 3.28. The van der Waals surface area contributed by atoms with E-state index >= 15 is 0 Å². The van der Waals surface area contributed by atoms with Crippen LogP contribution in [-0.4, -0.2) is 48.6 Å². The third kappa shape index (κ3) is 5.78. The van der Waals surface area contributed by atoms with Crippen molar-refractivity contribution in [1.29, 1.82) is 0 Å². The molecule has 1 aromatic heterocycles. The normalized spacial score (nSPS) is 10.9. The molecule has 5 nitrogen and oxygen atoms in total. The Morgan fingerprint density at radius 2 is 1.72 bits per heavy atom. The van der Waals surface area contributed by atoms with Gasteiger partial charge in [-0.1, -0.05) is 42.5 Å². The van der Waals surface area contributed by atoms with E-state index < -0.39 is 0 Å². The molecule has 3 rings (SSSR count). The summed E-state index contributed by atoms with van der Waals surface area (Å²) in [6, 6.07) is 20.9. The summed E-state index contributed by atoms with van der Waals surface area (Å²) in [5, 5.41) is 3.42. The molecule has 0 radical (unpaired) electrons. The van der Waals surface area contributed by atoms with Crippen molar-refractivity contribution in [2.75, 3.05) is 43.9 Å². The molecule has 0 amide bonds. The van der Waals surface area contributed by atoms with Crippen LogP contribution in [0.4, 0.5) is 17.5 Å². The van der Waals surface area contributed by atoms with Gasteiger partial charge in [-0.3, -0.25) is 0 Å². The van der Waals surface area contributed by atoms with Gasteiger partial charge in [0.2, 0.25) is 5.95 Å². The number of hydrogen-bond acceptors (Lipinski definition) is 5. The second-order valence-corrected chi connectivity index (χ2v) is 7.47. The summed E-state index contributed by atoms with van der Waals surface area (Å²) >= 11 is 0. The highest BCUT2D eigenvalue weighted by atomic mass is 15.2. The molecule has 0 saturated heterocycles. The molecule has 0 bridgehead atoms. The molecule has 2 aromatic carbocycles. The van der Waals surface area contributed by atoms with Crippen molar-refractivity contribution in [3.63, 3.8) is 0 Å². The monoisotopic (exact) mass is 389 g/mol. The molecule has 0 atom stereocenters. The summed E-state index contributed by atoms with van der Waals surface area (Å²) in [4.78, 5) is 14.0. The second kappa shape index (κ2) is 10.0. The lowest BCUT2D eigenvalue weighted by Crippen LogP contribution is -2.20. The number of rotatable bonds is 9. The van der Waals surface area contributed by atoms with E-state index in [1.165, 1.54) is 5.56 Å². The van der Waals surface area contributed by atoms with Crippen LogP contribution >= 0.6 is 0 Å². The number of aromatic nitrogens is 2. The maximum absolute atomic E-state index is 4.84. The van der Waals surface area contributed by atoms with Gasteiger partial charge in [-0.05, 0) is 58.6 Å². The molecule has 3 aromatic rings. The van der Waals surface area contributed by atoms with Crippen molar-refractivity contribution in [2.45, 2.75) is 20.3 Å². The van der Waals surface area contributed by atoms with E-state index in [2.05, 4.69) is 85.5 Å². The van der Waals surface area contributed by atoms with E-state index in [0.29, 0.717) is 5.95 Å². The standard InChI is InChI=1S/C24H31N5/c1-5-29(21-14-9-11-19(2)17-21)23-18-22(20-12-7-6-8-13-20)26-24(27-23)25-15-10-16-28(3)4/h6-9,11-14,17-18H,5,10,15-16H2,1-4H3,(H,25,26,27). The quantitative estimate of drug-likeness (QED) is 0.523. The molecular formula is C24H31N5. The lowest BCUT2D eigenvalue weighted by atomic mass is 10.1. The van der Waals surface area contributed by atoms with Gasteiger partial charge in [0.15, 0.2) is 0 Å². The molecule has 1 heterocycles. The van der Waals surface area contributed by atoms with E-state index in [-0.39, 0.29) is 0 Å². The van der Waals surface area contributed by atoms with E-state index in [1.807, 2.05) is 18.2 Å². The second-order valence-electron chi connectivity index (χ2n) is 7.47. The molecule has 0 spiro atoms. The predicted octanol–water partition coefficient (Wildman–Crippen LogP) is 4.97. The van der Waals surface area contributed by atoms with Gasteiger partial charge >= 0.3 is 0 Å². The first kappa shape index (κ1) is 20.8. The maximum Gasteiger partial charge on any atom is 0.225 e. The summed E-state index contributed by atoms with van der Waals surface area (Å²) in [6.45, 7) is 6.96. The lowest BCUT2D eigenvalue weighted by Gasteiger charge is -2.23. The van der Waals surface area contributed by atoms with Gasteiger partial charge in [0.1, 0.15) is 5.82 Å². The molecule has 152 valence electrons. The highest BCUT2D eigenvalue weighted by molar-refractivity contribution is 5.69. The fourth-order valence-corrected chi connectivity index (χ4v) is 3.28. The number of nitrogens with zero attached hydrogens (tertiary/aromatic N) is 4. The van der Waals surface area contributed by atoms with E-state index in [4.69, 9.17) is 9.97 Å². The maximum atomic E-state index is 4.84. The van der Waals surface area contributed by atoms with Crippen molar-refractivity contribution < 1.29 is 0 Å². The molecule has 1 N–H and O–H groups in total. The zero-order chi connectivity index (χ0) is 20.6. The number of nitrogens with one attached hydrogen (secondary N) is 1. The van der Waals surface area contributed by atoms with Crippen LogP contribution in [0.1, 0.15) is 18.9 Å². The highest BCUT2D eigenvalue weighted by Crippen LogP contribution is 2.28. The number of benzene rings is 2. The van der Waals surface area contributed by atoms with Gasteiger partial charge in [0.25, 0.3) is 0 Å². The highest BCUT2D eigenvalue weighted by Gasteiger charge is 2.13. The van der Waals surface area contributed by atoms with Crippen LogP contribution in [-0.2, 0) is 0 Å². The minimum Gasteiger partial charge on any atom is -0.354 e. The van der Waals surface area contributed by atoms with Crippen molar-refractivity contribution in [1.82, 2.24) is 14.9 Å². The van der Waals surface area contributed by atoms with Gasteiger partial charge in [0, 0.05) is 30.4 Å². The average molecular weight is 390 g/mol. The van der Waals surface area contributed by atoms with Crippen LogP contribution in [0.3, 0.4) is 0 Å². The van der Waals surface area contributed by atoms with E-state index in [1.54, 1.807) is 0 Å². The Balaban J connectivity index is 1.95. The van der Waals surface area contributed by atoms with Crippen LogP contribution in [0.5, 0.6) is 0 Å². The summed E-state index contributed by atoms with van der Waals surface area (Å²) in [5.74, 6) is 1.58.